The lowest BCUT2D eigenvalue weighted by atomic mass is 9.69. The quantitative estimate of drug-likeness (QED) is 0.179. The molecule has 190 valence electrons. The SMILES string of the molecule is O=C(CC(Cc1ccccc1)C(Cc1ccccc1)C(Cc1ccccc1)c1ccccc1)c1ncc[nH]1. The van der Waals surface area contributed by atoms with Crippen molar-refractivity contribution in [2.24, 2.45) is 11.8 Å². The van der Waals surface area contributed by atoms with Gasteiger partial charge in [-0.05, 0) is 59.3 Å². The molecule has 0 amide bonds. The second-order valence-electron chi connectivity index (χ2n) is 10.1. The molecule has 3 nitrogen and oxygen atoms in total. The summed E-state index contributed by atoms with van der Waals surface area (Å²) in [7, 11) is 0. The Morgan fingerprint density at radius 3 is 1.66 bits per heavy atom. The summed E-state index contributed by atoms with van der Waals surface area (Å²) >= 11 is 0. The highest BCUT2D eigenvalue weighted by molar-refractivity contribution is 5.92. The predicted octanol–water partition coefficient (Wildman–Crippen LogP) is 7.73. The first-order valence-electron chi connectivity index (χ1n) is 13.5. The molecule has 5 rings (SSSR count). The Morgan fingerprint density at radius 1 is 0.632 bits per heavy atom. The fourth-order valence-corrected chi connectivity index (χ4v) is 5.65. The minimum Gasteiger partial charge on any atom is -0.342 e. The highest BCUT2D eigenvalue weighted by Gasteiger charge is 2.33. The minimum absolute atomic E-state index is 0.0699. The summed E-state index contributed by atoms with van der Waals surface area (Å²) in [5.74, 6) is 1.13. The topological polar surface area (TPSA) is 45.8 Å². The third-order valence-corrected chi connectivity index (χ3v) is 7.51. The van der Waals surface area contributed by atoms with Crippen molar-refractivity contribution >= 4 is 5.78 Å². The maximum atomic E-state index is 13.5. The van der Waals surface area contributed by atoms with E-state index in [2.05, 4.69) is 131 Å². The molecule has 0 radical (unpaired) electrons. The zero-order valence-corrected chi connectivity index (χ0v) is 21.6. The monoisotopic (exact) mass is 498 g/mol. The molecule has 0 saturated carbocycles. The molecule has 1 N–H and O–H groups in total. The molecule has 0 saturated heterocycles. The lowest BCUT2D eigenvalue weighted by molar-refractivity contribution is 0.0925. The number of rotatable bonds is 12. The van der Waals surface area contributed by atoms with Gasteiger partial charge in [0.15, 0.2) is 11.6 Å². The number of nitrogens with zero attached hydrogens (tertiary/aromatic N) is 1. The summed E-state index contributed by atoms with van der Waals surface area (Å²) in [6.07, 6.45) is 6.48. The van der Waals surface area contributed by atoms with Crippen LogP contribution in [0.25, 0.3) is 0 Å². The summed E-state index contributed by atoms with van der Waals surface area (Å²) in [6.45, 7) is 0. The van der Waals surface area contributed by atoms with Gasteiger partial charge in [0.25, 0.3) is 0 Å². The molecular weight excluding hydrogens is 464 g/mol. The number of carbonyl (C=O) groups excluding carboxylic acids is 1. The van der Waals surface area contributed by atoms with Gasteiger partial charge in [-0.3, -0.25) is 4.79 Å². The molecule has 4 aromatic carbocycles. The van der Waals surface area contributed by atoms with Crippen LogP contribution in [0, 0.1) is 11.8 Å². The molecule has 0 aliphatic heterocycles. The van der Waals surface area contributed by atoms with E-state index in [0.717, 1.165) is 19.3 Å². The lowest BCUT2D eigenvalue weighted by Gasteiger charge is -2.35. The van der Waals surface area contributed by atoms with Gasteiger partial charge in [0.2, 0.25) is 0 Å². The van der Waals surface area contributed by atoms with E-state index in [1.54, 1.807) is 12.4 Å². The first kappa shape index (κ1) is 25.4. The molecule has 3 heteroatoms. The van der Waals surface area contributed by atoms with E-state index in [1.807, 2.05) is 0 Å². The molecule has 0 fully saturated rings. The maximum absolute atomic E-state index is 13.5. The van der Waals surface area contributed by atoms with Gasteiger partial charge in [-0.1, -0.05) is 121 Å². The first-order valence-corrected chi connectivity index (χ1v) is 13.5. The molecule has 0 aliphatic carbocycles. The van der Waals surface area contributed by atoms with Crippen LogP contribution in [0.1, 0.15) is 45.2 Å². The summed E-state index contributed by atoms with van der Waals surface area (Å²) in [4.78, 5) is 20.8. The molecule has 3 atom stereocenters. The molecule has 3 unspecified atom stereocenters. The summed E-state index contributed by atoms with van der Waals surface area (Å²) in [5, 5.41) is 0. The van der Waals surface area contributed by atoms with E-state index >= 15 is 0 Å². The van der Waals surface area contributed by atoms with Crippen molar-refractivity contribution < 1.29 is 4.79 Å². The van der Waals surface area contributed by atoms with Gasteiger partial charge in [-0.15, -0.1) is 0 Å². The van der Waals surface area contributed by atoms with Crippen LogP contribution in [-0.2, 0) is 19.3 Å². The number of aromatic amines is 1. The number of Topliss-reactive ketones (excluding diaryl/α,β-unsaturated/α-hetero) is 1. The van der Waals surface area contributed by atoms with Crippen LogP contribution in [0.15, 0.2) is 134 Å². The number of carbonyl (C=O) groups is 1. The Labute approximate surface area is 225 Å². The fourth-order valence-electron chi connectivity index (χ4n) is 5.65. The standard InChI is InChI=1S/C35H34N2O/c38-34(35-36-21-22-37-35)26-31(23-27-13-5-1-6-14-27)33(25-29-17-9-3-10-18-29)32(30-19-11-4-12-20-30)24-28-15-7-2-8-16-28/h1-22,31-33H,23-26H2,(H,36,37). The molecule has 0 spiro atoms. The highest BCUT2D eigenvalue weighted by Crippen LogP contribution is 2.39. The van der Waals surface area contributed by atoms with E-state index in [0.29, 0.717) is 12.2 Å². The van der Waals surface area contributed by atoms with Crippen molar-refractivity contribution in [3.8, 4) is 0 Å². The van der Waals surface area contributed by atoms with Gasteiger partial charge in [-0.25, -0.2) is 4.98 Å². The lowest BCUT2D eigenvalue weighted by Crippen LogP contribution is -2.30. The number of benzene rings is 4. The zero-order valence-electron chi connectivity index (χ0n) is 21.6. The van der Waals surface area contributed by atoms with Crippen LogP contribution in [0.5, 0.6) is 0 Å². The van der Waals surface area contributed by atoms with Gasteiger partial charge >= 0.3 is 0 Å². The van der Waals surface area contributed by atoms with Crippen LogP contribution in [0.4, 0.5) is 0 Å². The average molecular weight is 499 g/mol. The third-order valence-electron chi connectivity index (χ3n) is 7.51. The van der Waals surface area contributed by atoms with Crippen LogP contribution < -0.4 is 0 Å². The average Bonchev–Trinajstić information content (AvgIpc) is 3.52. The number of imidazole rings is 1. The van der Waals surface area contributed by atoms with Gasteiger partial charge in [0, 0.05) is 18.8 Å². The van der Waals surface area contributed by atoms with Crippen LogP contribution >= 0.6 is 0 Å². The van der Waals surface area contributed by atoms with Crippen LogP contribution in [0.3, 0.4) is 0 Å². The second kappa shape index (κ2) is 12.8. The van der Waals surface area contributed by atoms with Gasteiger partial charge < -0.3 is 4.98 Å². The number of hydrogen-bond donors (Lipinski definition) is 1. The van der Waals surface area contributed by atoms with Crippen LogP contribution in [-0.4, -0.2) is 15.8 Å². The molecule has 0 bridgehead atoms. The number of H-pyrrole nitrogens is 1. The van der Waals surface area contributed by atoms with Crippen molar-refractivity contribution in [3.05, 3.63) is 162 Å². The molecule has 38 heavy (non-hydrogen) atoms. The Hall–Kier alpha value is -4.24. The van der Waals surface area contributed by atoms with Crippen molar-refractivity contribution in [1.29, 1.82) is 0 Å². The molecule has 1 heterocycles. The van der Waals surface area contributed by atoms with E-state index in [4.69, 9.17) is 0 Å². The largest absolute Gasteiger partial charge is 0.342 e. The van der Waals surface area contributed by atoms with E-state index < -0.39 is 0 Å². The summed E-state index contributed by atoms with van der Waals surface area (Å²) < 4.78 is 0. The Balaban J connectivity index is 1.58. The fraction of sp³-hybridized carbons (Fsp3) is 0.200. The molecule has 5 aromatic rings. The zero-order chi connectivity index (χ0) is 26.0. The summed E-state index contributed by atoms with van der Waals surface area (Å²) in [5.41, 5.74) is 5.19. The van der Waals surface area contributed by atoms with Gasteiger partial charge in [-0.2, -0.15) is 0 Å². The second-order valence-corrected chi connectivity index (χ2v) is 10.1. The maximum Gasteiger partial charge on any atom is 0.198 e. The number of aromatic nitrogens is 2. The predicted molar refractivity (Wildman–Crippen MR) is 154 cm³/mol. The molecular formula is C35H34N2O. The summed E-state index contributed by atoms with van der Waals surface area (Å²) in [6, 6.07) is 42.9. The van der Waals surface area contributed by atoms with Crippen molar-refractivity contribution in [1.82, 2.24) is 9.97 Å². The first-order chi connectivity index (χ1) is 18.8. The number of nitrogens with one attached hydrogen (secondary N) is 1. The van der Waals surface area contributed by atoms with Crippen LogP contribution in [0.2, 0.25) is 0 Å². The van der Waals surface area contributed by atoms with Gasteiger partial charge in [0.05, 0.1) is 0 Å². The van der Waals surface area contributed by atoms with Gasteiger partial charge in [0.1, 0.15) is 0 Å². The molecule has 1 aromatic heterocycles. The normalized spacial score (nSPS) is 13.5. The third kappa shape index (κ3) is 6.74. The highest BCUT2D eigenvalue weighted by atomic mass is 16.1. The minimum atomic E-state index is 0.0699. The molecule has 0 aliphatic rings. The van der Waals surface area contributed by atoms with E-state index in [1.165, 1.54) is 22.3 Å². The van der Waals surface area contributed by atoms with Crippen molar-refractivity contribution in [2.45, 2.75) is 31.6 Å². The smallest absolute Gasteiger partial charge is 0.198 e. The number of ketones is 1. The van der Waals surface area contributed by atoms with Crippen molar-refractivity contribution in [3.63, 3.8) is 0 Å². The van der Waals surface area contributed by atoms with E-state index in [-0.39, 0.29) is 23.5 Å². The van der Waals surface area contributed by atoms with Crippen molar-refractivity contribution in [2.75, 3.05) is 0 Å². The van der Waals surface area contributed by atoms with E-state index in [9.17, 15) is 4.79 Å². The Morgan fingerprint density at radius 2 is 1.13 bits per heavy atom. The Bertz CT molecular complexity index is 1370. The number of hydrogen-bond acceptors (Lipinski definition) is 2. The Kier molecular flexibility index (Phi) is 8.58.